The van der Waals surface area contributed by atoms with Gasteiger partial charge in [-0.25, -0.2) is 0 Å². The van der Waals surface area contributed by atoms with Crippen LogP contribution in [0.4, 0.5) is 11.4 Å². The van der Waals surface area contributed by atoms with Crippen molar-refractivity contribution in [3.05, 3.63) is 68.2 Å². The first kappa shape index (κ1) is 13.8. The van der Waals surface area contributed by atoms with Crippen LogP contribution in [0.5, 0.6) is 0 Å². The summed E-state index contributed by atoms with van der Waals surface area (Å²) < 4.78 is 0.801. The number of amides is 1. The molecule has 106 valence electrons. The summed E-state index contributed by atoms with van der Waals surface area (Å²) >= 11 is 3.33. The van der Waals surface area contributed by atoms with Gasteiger partial charge in [0, 0.05) is 22.6 Å². The minimum absolute atomic E-state index is 0.0200. The van der Waals surface area contributed by atoms with Crippen LogP contribution in [0.25, 0.3) is 0 Å². The molecule has 1 aliphatic heterocycles. The third kappa shape index (κ3) is 2.42. The van der Waals surface area contributed by atoms with E-state index in [4.69, 9.17) is 0 Å². The second-order valence-electron chi connectivity index (χ2n) is 4.76. The predicted octanol–water partition coefficient (Wildman–Crippen LogP) is 3.56. The molecule has 1 heterocycles. The molecule has 0 spiro atoms. The fourth-order valence-electron chi connectivity index (χ4n) is 2.56. The average Bonchev–Trinajstić information content (AvgIpc) is 2.90. The molecule has 1 aliphatic rings. The molecule has 1 amide bonds. The van der Waals surface area contributed by atoms with E-state index in [-0.39, 0.29) is 11.6 Å². The maximum atomic E-state index is 12.6. The predicted molar refractivity (Wildman–Crippen MR) is 82.6 cm³/mol. The van der Waals surface area contributed by atoms with Crippen LogP contribution in [-0.4, -0.2) is 17.4 Å². The van der Waals surface area contributed by atoms with Crippen molar-refractivity contribution >= 4 is 33.2 Å². The summed E-state index contributed by atoms with van der Waals surface area (Å²) in [5.74, 6) is -0.218. The maximum Gasteiger partial charge on any atom is 0.293 e. The molecule has 0 radical (unpaired) electrons. The summed E-state index contributed by atoms with van der Waals surface area (Å²) in [4.78, 5) is 24.9. The van der Waals surface area contributed by atoms with Gasteiger partial charge >= 0.3 is 0 Å². The quantitative estimate of drug-likeness (QED) is 0.616. The lowest BCUT2D eigenvalue weighted by molar-refractivity contribution is -0.384. The molecule has 0 atom stereocenters. The number of nitrogens with zero attached hydrogens (tertiary/aromatic N) is 2. The first-order valence-corrected chi connectivity index (χ1v) is 7.21. The second kappa shape index (κ2) is 5.29. The van der Waals surface area contributed by atoms with Gasteiger partial charge in [-0.2, -0.15) is 0 Å². The van der Waals surface area contributed by atoms with Gasteiger partial charge in [0.15, 0.2) is 0 Å². The minimum atomic E-state index is -0.439. The van der Waals surface area contributed by atoms with Gasteiger partial charge in [0.05, 0.1) is 4.92 Å². The molecule has 5 nitrogen and oxygen atoms in total. The Morgan fingerprint density at radius 2 is 2.00 bits per heavy atom. The zero-order valence-corrected chi connectivity index (χ0v) is 12.5. The maximum absolute atomic E-state index is 12.6. The highest BCUT2D eigenvalue weighted by Gasteiger charge is 2.32. The number of anilines is 1. The van der Waals surface area contributed by atoms with Crippen molar-refractivity contribution < 1.29 is 9.72 Å². The number of hydrogen-bond donors (Lipinski definition) is 0. The average molecular weight is 347 g/mol. The van der Waals surface area contributed by atoms with Crippen molar-refractivity contribution in [2.75, 3.05) is 11.4 Å². The van der Waals surface area contributed by atoms with E-state index >= 15 is 0 Å². The van der Waals surface area contributed by atoms with Crippen molar-refractivity contribution in [3.63, 3.8) is 0 Å². The van der Waals surface area contributed by atoms with Crippen LogP contribution in [0, 0.1) is 10.1 Å². The van der Waals surface area contributed by atoms with Gasteiger partial charge in [-0.3, -0.25) is 14.9 Å². The molecule has 0 fully saturated rings. The molecule has 3 rings (SSSR count). The Bertz CT molecular complexity index is 745. The number of hydrogen-bond acceptors (Lipinski definition) is 3. The number of halogens is 1. The van der Waals surface area contributed by atoms with Crippen LogP contribution in [0.15, 0.2) is 46.9 Å². The summed E-state index contributed by atoms with van der Waals surface area (Å²) in [6.45, 7) is 0.464. The van der Waals surface area contributed by atoms with Crippen LogP contribution in [0.3, 0.4) is 0 Å². The molecule has 0 saturated heterocycles. The standard InChI is InChI=1S/C15H11BrN2O3/c16-12-5-1-4-11(9-12)15(19)17-8-7-10-3-2-6-13(14(10)17)18(20)21/h1-6,9H,7-8H2. The molecular weight excluding hydrogens is 336 g/mol. The van der Waals surface area contributed by atoms with Crippen LogP contribution >= 0.6 is 15.9 Å². The fourth-order valence-corrected chi connectivity index (χ4v) is 2.96. The van der Waals surface area contributed by atoms with Gasteiger partial charge in [0.1, 0.15) is 5.69 Å². The molecule has 2 aromatic rings. The zero-order valence-electron chi connectivity index (χ0n) is 11.0. The zero-order chi connectivity index (χ0) is 15.0. The number of benzene rings is 2. The number of nitro groups is 1. The van der Waals surface area contributed by atoms with Crippen LogP contribution in [-0.2, 0) is 6.42 Å². The van der Waals surface area contributed by atoms with Crippen LogP contribution in [0.2, 0.25) is 0 Å². The highest BCUT2D eigenvalue weighted by Crippen LogP contribution is 2.37. The number of carbonyl (C=O) groups excluding carboxylic acids is 1. The van der Waals surface area contributed by atoms with Crippen molar-refractivity contribution in [1.29, 1.82) is 0 Å². The molecule has 0 aliphatic carbocycles. The van der Waals surface area contributed by atoms with Crippen molar-refractivity contribution in [2.24, 2.45) is 0 Å². The van der Waals surface area contributed by atoms with Crippen molar-refractivity contribution in [3.8, 4) is 0 Å². The van der Waals surface area contributed by atoms with E-state index in [1.807, 2.05) is 12.1 Å². The number of fused-ring (bicyclic) bond motifs is 1. The Balaban J connectivity index is 2.05. The Hall–Kier alpha value is -2.21. The van der Waals surface area contributed by atoms with Crippen LogP contribution in [0.1, 0.15) is 15.9 Å². The summed E-state index contributed by atoms with van der Waals surface area (Å²) in [5.41, 5.74) is 1.75. The number of para-hydroxylation sites is 1. The summed E-state index contributed by atoms with van der Waals surface area (Å²) in [7, 11) is 0. The molecule has 0 saturated carbocycles. The topological polar surface area (TPSA) is 63.5 Å². The monoisotopic (exact) mass is 346 g/mol. The third-order valence-corrected chi connectivity index (χ3v) is 3.98. The molecule has 2 aromatic carbocycles. The summed E-state index contributed by atoms with van der Waals surface area (Å²) in [6.07, 6.45) is 0.636. The van der Waals surface area contributed by atoms with E-state index in [2.05, 4.69) is 15.9 Å². The van der Waals surface area contributed by atoms with E-state index in [0.717, 1.165) is 10.0 Å². The molecule has 0 unspecified atom stereocenters. The van der Waals surface area contributed by atoms with E-state index in [1.165, 1.54) is 11.0 Å². The first-order chi connectivity index (χ1) is 10.1. The Kier molecular flexibility index (Phi) is 3.47. The van der Waals surface area contributed by atoms with Gasteiger partial charge < -0.3 is 4.90 Å². The lowest BCUT2D eigenvalue weighted by Crippen LogP contribution is -2.29. The van der Waals surface area contributed by atoms with Gasteiger partial charge in [0.2, 0.25) is 0 Å². The minimum Gasteiger partial charge on any atom is -0.302 e. The summed E-state index contributed by atoms with van der Waals surface area (Å²) in [6, 6.07) is 12.0. The smallest absolute Gasteiger partial charge is 0.293 e. The van der Waals surface area contributed by atoms with E-state index in [1.54, 1.807) is 24.3 Å². The Labute approximate surface area is 129 Å². The number of nitro benzene ring substituents is 1. The summed E-state index contributed by atoms with van der Waals surface area (Å²) in [5, 5.41) is 11.2. The van der Waals surface area contributed by atoms with Crippen molar-refractivity contribution in [2.45, 2.75) is 6.42 Å². The lowest BCUT2D eigenvalue weighted by atomic mass is 10.1. The van der Waals surface area contributed by atoms with Gasteiger partial charge in [-0.05, 0) is 30.2 Å². The molecule has 0 N–H and O–H groups in total. The largest absolute Gasteiger partial charge is 0.302 e. The van der Waals surface area contributed by atoms with Gasteiger partial charge in [-0.1, -0.05) is 34.1 Å². The highest BCUT2D eigenvalue weighted by molar-refractivity contribution is 9.10. The molecular formula is C15H11BrN2O3. The van der Waals surface area contributed by atoms with Gasteiger partial charge in [0.25, 0.3) is 11.6 Å². The van der Waals surface area contributed by atoms with Gasteiger partial charge in [-0.15, -0.1) is 0 Å². The lowest BCUT2D eigenvalue weighted by Gasteiger charge is -2.17. The molecule has 0 bridgehead atoms. The van der Waals surface area contributed by atoms with Crippen LogP contribution < -0.4 is 4.90 Å². The normalized spacial score (nSPS) is 13.1. The SMILES string of the molecule is O=C(c1cccc(Br)c1)N1CCc2cccc([N+](=O)[O-])c21. The van der Waals surface area contributed by atoms with E-state index in [0.29, 0.717) is 24.2 Å². The first-order valence-electron chi connectivity index (χ1n) is 6.41. The number of rotatable bonds is 2. The highest BCUT2D eigenvalue weighted by atomic mass is 79.9. The molecule has 6 heteroatoms. The second-order valence-corrected chi connectivity index (χ2v) is 5.67. The Morgan fingerprint density at radius 3 is 2.71 bits per heavy atom. The third-order valence-electron chi connectivity index (χ3n) is 3.49. The van der Waals surface area contributed by atoms with E-state index in [9.17, 15) is 14.9 Å². The van der Waals surface area contributed by atoms with Crippen molar-refractivity contribution in [1.82, 2.24) is 0 Å². The Morgan fingerprint density at radius 1 is 1.24 bits per heavy atom. The number of carbonyl (C=O) groups is 1. The van der Waals surface area contributed by atoms with E-state index < -0.39 is 4.92 Å². The molecule has 0 aromatic heterocycles. The molecule has 21 heavy (non-hydrogen) atoms. The fraction of sp³-hybridized carbons (Fsp3) is 0.133.